The molecule has 0 saturated carbocycles. The Morgan fingerprint density at radius 2 is 1.86 bits per heavy atom. The maximum Gasteiger partial charge on any atom is 0.0935 e. The van der Waals surface area contributed by atoms with Crippen molar-refractivity contribution >= 4 is 11.8 Å². The molecule has 0 aromatic heterocycles. The lowest BCUT2D eigenvalue weighted by molar-refractivity contribution is 0.199. The van der Waals surface area contributed by atoms with Gasteiger partial charge >= 0.3 is 0 Å². The summed E-state index contributed by atoms with van der Waals surface area (Å²) in [4.78, 5) is 1.06. The van der Waals surface area contributed by atoms with Crippen LogP contribution < -0.4 is 0 Å². The normalized spacial score (nSPS) is 14.4. The number of benzene rings is 1. The van der Waals surface area contributed by atoms with Crippen molar-refractivity contribution < 1.29 is 5.11 Å². The second kappa shape index (κ2) is 5.04. The second-order valence-corrected chi connectivity index (χ2v) is 4.55. The van der Waals surface area contributed by atoms with E-state index in [2.05, 4.69) is 6.07 Å². The third kappa shape index (κ3) is 3.06. The smallest absolute Gasteiger partial charge is 0.0935 e. The largest absolute Gasteiger partial charge is 0.389 e. The predicted molar refractivity (Wildman–Crippen MR) is 58.0 cm³/mol. The number of hydrogen-bond acceptors (Lipinski definition) is 3. The maximum atomic E-state index is 9.28. The minimum absolute atomic E-state index is 0.0348. The number of aliphatic hydroxyl groups excluding tert-OH is 1. The Hall–Kier alpha value is -0.980. The van der Waals surface area contributed by atoms with E-state index in [1.807, 2.05) is 31.2 Å². The van der Waals surface area contributed by atoms with E-state index in [-0.39, 0.29) is 5.25 Å². The summed E-state index contributed by atoms with van der Waals surface area (Å²) >= 11 is 1.52. The lowest BCUT2D eigenvalue weighted by Gasteiger charge is -2.06. The van der Waals surface area contributed by atoms with Gasteiger partial charge in [-0.25, -0.2) is 0 Å². The van der Waals surface area contributed by atoms with E-state index in [1.165, 1.54) is 11.8 Å². The van der Waals surface area contributed by atoms with E-state index in [1.54, 1.807) is 6.92 Å². The average molecular weight is 207 g/mol. The van der Waals surface area contributed by atoms with E-state index >= 15 is 0 Å². The standard InChI is InChI=1S/C11H13NOS/c1-8(7-12)14-11-5-3-10(4-6-11)9(2)13/h3-6,8-9,13H,1-2H3. The molecule has 2 unspecified atom stereocenters. The maximum absolute atomic E-state index is 9.28. The fourth-order valence-corrected chi connectivity index (χ4v) is 1.81. The quantitative estimate of drug-likeness (QED) is 0.775. The van der Waals surface area contributed by atoms with Crippen molar-refractivity contribution in [2.24, 2.45) is 0 Å². The van der Waals surface area contributed by atoms with Crippen molar-refractivity contribution in [3.05, 3.63) is 29.8 Å². The summed E-state index contributed by atoms with van der Waals surface area (Å²) in [6.07, 6.45) is -0.428. The van der Waals surface area contributed by atoms with Crippen molar-refractivity contribution in [1.29, 1.82) is 5.26 Å². The molecule has 0 aliphatic rings. The number of thioether (sulfide) groups is 1. The molecule has 0 heterocycles. The van der Waals surface area contributed by atoms with Gasteiger partial charge in [0.2, 0.25) is 0 Å². The molecule has 0 saturated heterocycles. The molecule has 0 bridgehead atoms. The predicted octanol–water partition coefficient (Wildman–Crippen LogP) is 2.74. The Bertz CT molecular complexity index is 326. The van der Waals surface area contributed by atoms with E-state index in [4.69, 9.17) is 5.26 Å². The molecule has 1 rings (SSSR count). The highest BCUT2D eigenvalue weighted by atomic mass is 32.2. The number of nitriles is 1. The lowest BCUT2D eigenvalue weighted by atomic mass is 10.1. The van der Waals surface area contributed by atoms with Gasteiger partial charge in [-0.3, -0.25) is 0 Å². The molecule has 0 spiro atoms. The van der Waals surface area contributed by atoms with Crippen molar-refractivity contribution in [1.82, 2.24) is 0 Å². The molecule has 74 valence electrons. The van der Waals surface area contributed by atoms with Crippen LogP contribution in [0.3, 0.4) is 0 Å². The van der Waals surface area contributed by atoms with Crippen LogP contribution in [0.4, 0.5) is 0 Å². The van der Waals surface area contributed by atoms with Crippen molar-refractivity contribution in [2.45, 2.75) is 30.1 Å². The summed E-state index contributed by atoms with van der Waals surface area (Å²) in [5.41, 5.74) is 0.902. The highest BCUT2D eigenvalue weighted by molar-refractivity contribution is 8.00. The molecule has 0 aliphatic heterocycles. The third-order valence-corrected chi connectivity index (χ3v) is 2.86. The average Bonchev–Trinajstić information content (AvgIpc) is 2.18. The Labute approximate surface area is 88.6 Å². The fraction of sp³-hybridized carbons (Fsp3) is 0.364. The molecule has 1 N–H and O–H groups in total. The molecule has 0 aliphatic carbocycles. The van der Waals surface area contributed by atoms with Gasteiger partial charge in [-0.15, -0.1) is 11.8 Å². The van der Waals surface area contributed by atoms with Crippen LogP contribution in [0.25, 0.3) is 0 Å². The van der Waals surface area contributed by atoms with Crippen LogP contribution in [0, 0.1) is 11.3 Å². The Kier molecular flexibility index (Phi) is 3.99. The summed E-state index contributed by atoms with van der Waals surface area (Å²) in [7, 11) is 0. The summed E-state index contributed by atoms with van der Waals surface area (Å²) in [6.45, 7) is 3.60. The van der Waals surface area contributed by atoms with Gasteiger partial charge in [0.15, 0.2) is 0 Å². The molecule has 14 heavy (non-hydrogen) atoms. The molecular formula is C11H13NOS. The Morgan fingerprint density at radius 1 is 1.29 bits per heavy atom. The zero-order valence-corrected chi connectivity index (χ0v) is 9.08. The van der Waals surface area contributed by atoms with E-state index in [0.717, 1.165) is 10.5 Å². The Balaban J connectivity index is 2.70. The monoisotopic (exact) mass is 207 g/mol. The van der Waals surface area contributed by atoms with Gasteiger partial charge in [0.05, 0.1) is 17.4 Å². The van der Waals surface area contributed by atoms with Crippen LogP contribution in [0.2, 0.25) is 0 Å². The van der Waals surface area contributed by atoms with Crippen LogP contribution in [-0.4, -0.2) is 10.4 Å². The van der Waals surface area contributed by atoms with Crippen LogP contribution in [0.1, 0.15) is 25.5 Å². The third-order valence-electron chi connectivity index (χ3n) is 1.86. The van der Waals surface area contributed by atoms with Gasteiger partial charge in [0.1, 0.15) is 0 Å². The van der Waals surface area contributed by atoms with Gasteiger partial charge in [0, 0.05) is 4.90 Å². The first-order chi connectivity index (χ1) is 6.63. The van der Waals surface area contributed by atoms with Gasteiger partial charge in [-0.1, -0.05) is 12.1 Å². The van der Waals surface area contributed by atoms with Crippen LogP contribution in [-0.2, 0) is 0 Å². The highest BCUT2D eigenvalue weighted by Gasteiger charge is 2.03. The molecule has 2 nitrogen and oxygen atoms in total. The molecule has 0 fully saturated rings. The fourth-order valence-electron chi connectivity index (χ4n) is 1.06. The molecule has 1 aromatic carbocycles. The van der Waals surface area contributed by atoms with Crippen molar-refractivity contribution in [3.63, 3.8) is 0 Å². The zero-order valence-electron chi connectivity index (χ0n) is 8.27. The van der Waals surface area contributed by atoms with Gasteiger partial charge in [-0.05, 0) is 31.5 Å². The molecule has 0 radical (unpaired) electrons. The second-order valence-electron chi connectivity index (χ2n) is 3.13. The van der Waals surface area contributed by atoms with E-state index in [9.17, 15) is 5.11 Å². The van der Waals surface area contributed by atoms with Crippen LogP contribution in [0.15, 0.2) is 29.2 Å². The molecule has 1 aromatic rings. The van der Waals surface area contributed by atoms with Gasteiger partial charge < -0.3 is 5.11 Å². The van der Waals surface area contributed by atoms with Gasteiger partial charge in [-0.2, -0.15) is 5.26 Å². The van der Waals surface area contributed by atoms with E-state index < -0.39 is 6.10 Å². The first kappa shape index (κ1) is 11.1. The summed E-state index contributed by atoms with van der Waals surface area (Å²) in [5, 5.41) is 17.9. The number of hydrogen-bond donors (Lipinski definition) is 1. The molecule has 0 amide bonds. The minimum atomic E-state index is -0.428. The molecule has 3 heteroatoms. The first-order valence-electron chi connectivity index (χ1n) is 4.48. The van der Waals surface area contributed by atoms with Crippen LogP contribution >= 0.6 is 11.8 Å². The number of nitrogens with zero attached hydrogens (tertiary/aromatic N) is 1. The summed E-state index contributed by atoms with van der Waals surface area (Å²) < 4.78 is 0. The van der Waals surface area contributed by atoms with Crippen LogP contribution in [0.5, 0.6) is 0 Å². The van der Waals surface area contributed by atoms with Crippen molar-refractivity contribution in [2.75, 3.05) is 0 Å². The highest BCUT2D eigenvalue weighted by Crippen LogP contribution is 2.24. The number of rotatable bonds is 3. The lowest BCUT2D eigenvalue weighted by Crippen LogP contribution is -1.92. The molecular weight excluding hydrogens is 194 g/mol. The van der Waals surface area contributed by atoms with E-state index in [0.29, 0.717) is 0 Å². The minimum Gasteiger partial charge on any atom is -0.389 e. The SMILES string of the molecule is CC(C#N)Sc1ccc(C(C)O)cc1. The summed E-state index contributed by atoms with van der Waals surface area (Å²) in [6, 6.07) is 9.80. The topological polar surface area (TPSA) is 44.0 Å². The number of aliphatic hydroxyl groups is 1. The van der Waals surface area contributed by atoms with Crippen molar-refractivity contribution in [3.8, 4) is 6.07 Å². The van der Waals surface area contributed by atoms with Gasteiger partial charge in [0.25, 0.3) is 0 Å². The zero-order chi connectivity index (χ0) is 10.6. The first-order valence-corrected chi connectivity index (χ1v) is 5.35. The molecule has 2 atom stereocenters. The summed E-state index contributed by atoms with van der Waals surface area (Å²) in [5.74, 6) is 0. The Morgan fingerprint density at radius 3 is 2.29 bits per heavy atom.